The van der Waals surface area contributed by atoms with Crippen molar-refractivity contribution >= 4 is 34.3 Å². The van der Waals surface area contributed by atoms with Gasteiger partial charge >= 0.3 is 0 Å². The van der Waals surface area contributed by atoms with E-state index in [2.05, 4.69) is 5.32 Å². The van der Waals surface area contributed by atoms with Gasteiger partial charge in [-0.25, -0.2) is 4.98 Å². The molecule has 1 aromatic heterocycles. The van der Waals surface area contributed by atoms with E-state index < -0.39 is 0 Å². The van der Waals surface area contributed by atoms with Crippen molar-refractivity contribution in [2.24, 2.45) is 0 Å². The first-order chi connectivity index (χ1) is 15.9. The minimum Gasteiger partial charge on any atom is -0.495 e. The third-order valence-corrected chi connectivity index (χ3v) is 6.31. The maximum atomic E-state index is 13.5. The molecule has 168 valence electrons. The Morgan fingerprint density at radius 3 is 2.48 bits per heavy atom. The van der Waals surface area contributed by atoms with Crippen LogP contribution in [-0.4, -0.2) is 28.3 Å². The Morgan fingerprint density at radius 1 is 1.03 bits per heavy atom. The Kier molecular flexibility index (Phi) is 6.51. The zero-order chi connectivity index (χ0) is 23.5. The first kappa shape index (κ1) is 22.6. The molecule has 0 aliphatic carbocycles. The number of benzene rings is 3. The van der Waals surface area contributed by atoms with Gasteiger partial charge in [0, 0.05) is 0 Å². The Morgan fingerprint density at radius 2 is 1.76 bits per heavy atom. The van der Waals surface area contributed by atoms with Crippen LogP contribution < -0.4 is 15.6 Å². The molecule has 7 heteroatoms. The highest BCUT2D eigenvalue weighted by molar-refractivity contribution is 7.99. The zero-order valence-electron chi connectivity index (χ0n) is 19.0. The van der Waals surface area contributed by atoms with Crippen LogP contribution >= 0.6 is 11.8 Å². The second kappa shape index (κ2) is 9.50. The van der Waals surface area contributed by atoms with Crippen LogP contribution in [0.2, 0.25) is 0 Å². The van der Waals surface area contributed by atoms with Gasteiger partial charge in [-0.1, -0.05) is 48.2 Å². The van der Waals surface area contributed by atoms with Crippen LogP contribution in [0.15, 0.2) is 70.6 Å². The summed E-state index contributed by atoms with van der Waals surface area (Å²) < 4.78 is 6.98. The standard InChI is InChI=1S/C26H25N3O3S/c1-16-12-13-22(32-4)21(14-16)27-23(30)15-33-26-28-20-11-6-5-10-19(20)25(31)29(26)24-17(2)8-7-9-18(24)3/h5-14H,15H2,1-4H3,(H,27,30). The van der Waals surface area contributed by atoms with Crippen molar-refractivity contribution in [3.8, 4) is 11.4 Å². The van der Waals surface area contributed by atoms with E-state index in [4.69, 9.17) is 9.72 Å². The molecule has 0 fully saturated rings. The van der Waals surface area contributed by atoms with E-state index in [1.807, 2.05) is 75.4 Å². The lowest BCUT2D eigenvalue weighted by Crippen LogP contribution is -2.24. The molecule has 0 aliphatic rings. The van der Waals surface area contributed by atoms with Crippen molar-refractivity contribution in [2.75, 3.05) is 18.2 Å². The van der Waals surface area contributed by atoms with Gasteiger partial charge in [0.15, 0.2) is 5.16 Å². The Bertz CT molecular complexity index is 1390. The Labute approximate surface area is 196 Å². The summed E-state index contributed by atoms with van der Waals surface area (Å²) >= 11 is 1.23. The third kappa shape index (κ3) is 4.64. The monoisotopic (exact) mass is 459 g/mol. The number of fused-ring (bicyclic) bond motifs is 1. The van der Waals surface area contributed by atoms with Crippen LogP contribution in [0.3, 0.4) is 0 Å². The number of amides is 1. The predicted molar refractivity (Wildman–Crippen MR) is 134 cm³/mol. The Hall–Kier alpha value is -3.58. The summed E-state index contributed by atoms with van der Waals surface area (Å²) in [6, 6.07) is 18.8. The molecule has 4 rings (SSSR count). The number of nitrogens with zero attached hydrogens (tertiary/aromatic N) is 2. The van der Waals surface area contributed by atoms with Gasteiger partial charge in [-0.3, -0.25) is 14.2 Å². The van der Waals surface area contributed by atoms with Gasteiger partial charge in [0.1, 0.15) is 5.75 Å². The third-order valence-electron chi connectivity index (χ3n) is 5.37. The molecular weight excluding hydrogens is 434 g/mol. The number of aromatic nitrogens is 2. The Balaban J connectivity index is 1.71. The molecule has 1 heterocycles. The second-order valence-electron chi connectivity index (χ2n) is 7.83. The fourth-order valence-electron chi connectivity index (χ4n) is 3.80. The number of rotatable bonds is 6. The molecule has 1 amide bonds. The van der Waals surface area contributed by atoms with E-state index >= 15 is 0 Å². The second-order valence-corrected chi connectivity index (χ2v) is 8.78. The van der Waals surface area contributed by atoms with E-state index in [-0.39, 0.29) is 17.2 Å². The summed E-state index contributed by atoms with van der Waals surface area (Å²) in [7, 11) is 1.57. The summed E-state index contributed by atoms with van der Waals surface area (Å²) in [5.74, 6) is 0.474. The molecule has 6 nitrogen and oxygen atoms in total. The number of nitrogens with one attached hydrogen (secondary N) is 1. The summed E-state index contributed by atoms with van der Waals surface area (Å²) in [6.45, 7) is 5.89. The molecule has 0 bridgehead atoms. The van der Waals surface area contributed by atoms with Crippen molar-refractivity contribution in [3.63, 3.8) is 0 Å². The van der Waals surface area contributed by atoms with Crippen molar-refractivity contribution in [2.45, 2.75) is 25.9 Å². The van der Waals surface area contributed by atoms with Gasteiger partial charge in [-0.15, -0.1) is 0 Å². The van der Waals surface area contributed by atoms with Crippen LogP contribution in [0.1, 0.15) is 16.7 Å². The lowest BCUT2D eigenvalue weighted by atomic mass is 10.1. The fourth-order valence-corrected chi connectivity index (χ4v) is 4.60. The number of hydrogen-bond donors (Lipinski definition) is 1. The molecule has 0 radical (unpaired) electrons. The van der Waals surface area contributed by atoms with Gasteiger partial charge in [0.05, 0.1) is 35.1 Å². The highest BCUT2D eigenvalue weighted by Crippen LogP contribution is 2.27. The first-order valence-corrected chi connectivity index (χ1v) is 11.5. The lowest BCUT2D eigenvalue weighted by Gasteiger charge is -2.17. The van der Waals surface area contributed by atoms with Gasteiger partial charge in [-0.2, -0.15) is 0 Å². The van der Waals surface area contributed by atoms with E-state index in [0.29, 0.717) is 27.5 Å². The van der Waals surface area contributed by atoms with Crippen LogP contribution in [0.5, 0.6) is 5.75 Å². The number of carbonyl (C=O) groups is 1. The van der Waals surface area contributed by atoms with Gasteiger partial charge in [0.2, 0.25) is 5.91 Å². The quantitative estimate of drug-likeness (QED) is 0.323. The number of aryl methyl sites for hydroxylation is 3. The van der Waals surface area contributed by atoms with Crippen LogP contribution in [0.4, 0.5) is 5.69 Å². The van der Waals surface area contributed by atoms with Crippen LogP contribution in [0.25, 0.3) is 16.6 Å². The lowest BCUT2D eigenvalue weighted by molar-refractivity contribution is -0.113. The van der Waals surface area contributed by atoms with Crippen molar-refractivity contribution in [1.29, 1.82) is 0 Å². The average molecular weight is 460 g/mol. The number of methoxy groups -OCH3 is 1. The van der Waals surface area contributed by atoms with Gasteiger partial charge < -0.3 is 10.1 Å². The molecule has 33 heavy (non-hydrogen) atoms. The van der Waals surface area contributed by atoms with Crippen molar-refractivity contribution in [1.82, 2.24) is 9.55 Å². The number of anilines is 1. The summed E-state index contributed by atoms with van der Waals surface area (Å²) in [4.78, 5) is 31.0. The molecule has 0 saturated carbocycles. The zero-order valence-corrected chi connectivity index (χ0v) is 19.8. The van der Waals surface area contributed by atoms with Crippen LogP contribution in [-0.2, 0) is 4.79 Å². The normalized spacial score (nSPS) is 10.9. The maximum absolute atomic E-state index is 13.5. The van der Waals surface area contributed by atoms with E-state index in [1.54, 1.807) is 17.7 Å². The number of ether oxygens (including phenoxy) is 1. The van der Waals surface area contributed by atoms with E-state index in [0.717, 1.165) is 22.4 Å². The van der Waals surface area contributed by atoms with Crippen molar-refractivity contribution in [3.05, 3.63) is 87.7 Å². The number of carbonyl (C=O) groups excluding carboxylic acids is 1. The highest BCUT2D eigenvalue weighted by Gasteiger charge is 2.18. The van der Waals surface area contributed by atoms with Gasteiger partial charge in [-0.05, 0) is 61.7 Å². The average Bonchev–Trinajstić information content (AvgIpc) is 2.79. The molecule has 0 aliphatic heterocycles. The largest absolute Gasteiger partial charge is 0.495 e. The minimum absolute atomic E-state index is 0.0901. The topological polar surface area (TPSA) is 73.2 Å². The SMILES string of the molecule is COc1ccc(C)cc1NC(=O)CSc1nc2ccccc2c(=O)n1-c1c(C)cccc1C. The van der Waals surface area contributed by atoms with Crippen LogP contribution in [0, 0.1) is 20.8 Å². The fraction of sp³-hybridized carbons (Fsp3) is 0.192. The maximum Gasteiger partial charge on any atom is 0.266 e. The smallest absolute Gasteiger partial charge is 0.266 e. The molecular formula is C26H25N3O3S. The molecule has 0 saturated heterocycles. The van der Waals surface area contributed by atoms with Crippen molar-refractivity contribution < 1.29 is 9.53 Å². The van der Waals surface area contributed by atoms with Gasteiger partial charge in [0.25, 0.3) is 5.56 Å². The molecule has 3 aromatic carbocycles. The first-order valence-electron chi connectivity index (χ1n) is 10.5. The molecule has 4 aromatic rings. The molecule has 1 N–H and O–H groups in total. The summed E-state index contributed by atoms with van der Waals surface area (Å²) in [5, 5.41) is 3.92. The molecule has 0 atom stereocenters. The number of para-hydroxylation sites is 2. The van der Waals surface area contributed by atoms with E-state index in [1.165, 1.54) is 11.8 Å². The number of hydrogen-bond acceptors (Lipinski definition) is 5. The number of thioether (sulfide) groups is 1. The highest BCUT2D eigenvalue weighted by atomic mass is 32.2. The summed E-state index contributed by atoms with van der Waals surface area (Å²) in [5.41, 5.74) is 4.80. The summed E-state index contributed by atoms with van der Waals surface area (Å²) in [6.07, 6.45) is 0. The van der Waals surface area contributed by atoms with E-state index in [9.17, 15) is 9.59 Å². The minimum atomic E-state index is -0.209. The predicted octanol–water partition coefficient (Wildman–Crippen LogP) is 5.05. The molecule has 0 spiro atoms. The molecule has 0 unspecified atom stereocenters.